The molecule has 0 spiro atoms. The second-order valence-electron chi connectivity index (χ2n) is 3.97. The smallest absolute Gasteiger partial charge is 0.0300 e. The van der Waals surface area contributed by atoms with E-state index in [1.54, 1.807) is 0 Å². The fraction of sp³-hybridized carbons (Fsp3) is 1.00. The van der Waals surface area contributed by atoms with E-state index < -0.39 is 0 Å². The van der Waals surface area contributed by atoms with Crippen molar-refractivity contribution in [3.8, 4) is 0 Å². The van der Waals surface area contributed by atoms with Crippen LogP contribution in [0, 0.1) is 0 Å². The van der Waals surface area contributed by atoms with E-state index in [0.717, 1.165) is 6.04 Å². The van der Waals surface area contributed by atoms with Crippen LogP contribution in [0.5, 0.6) is 0 Å². The van der Waals surface area contributed by atoms with E-state index in [1.807, 2.05) is 11.8 Å². The second-order valence-corrected chi connectivity index (χ2v) is 7.04. The summed E-state index contributed by atoms with van der Waals surface area (Å²) in [4.78, 5) is 0. The largest absolute Gasteiger partial charge is 0.312 e. The topological polar surface area (TPSA) is 12.0 Å². The molecule has 0 amide bonds. The lowest BCUT2D eigenvalue weighted by atomic mass is 10.0. The quantitative estimate of drug-likeness (QED) is 0.690. The van der Waals surface area contributed by atoms with Gasteiger partial charge in [-0.1, -0.05) is 6.92 Å². The van der Waals surface area contributed by atoms with Gasteiger partial charge in [-0.2, -0.15) is 23.5 Å². The predicted octanol–water partition coefficient (Wildman–Crippen LogP) is 2.61. The first-order valence-corrected chi connectivity index (χ1v) is 7.26. The lowest BCUT2D eigenvalue weighted by molar-refractivity contribution is 0.438. The maximum absolute atomic E-state index is 3.63. The highest BCUT2D eigenvalue weighted by molar-refractivity contribution is 8.02. The van der Waals surface area contributed by atoms with E-state index in [-0.39, 0.29) is 0 Å². The monoisotopic (exact) mass is 219 g/mol. The molecule has 1 saturated heterocycles. The fourth-order valence-electron chi connectivity index (χ4n) is 1.40. The minimum atomic E-state index is 0.484. The van der Waals surface area contributed by atoms with Gasteiger partial charge in [0.15, 0.2) is 0 Å². The van der Waals surface area contributed by atoms with Crippen LogP contribution in [0.4, 0.5) is 0 Å². The zero-order chi connectivity index (χ0) is 9.73. The Balaban J connectivity index is 1.94. The van der Waals surface area contributed by atoms with Crippen molar-refractivity contribution in [1.82, 2.24) is 5.32 Å². The molecule has 0 bridgehead atoms. The summed E-state index contributed by atoms with van der Waals surface area (Å²) in [5, 5.41) is 3.63. The van der Waals surface area contributed by atoms with Crippen molar-refractivity contribution in [2.45, 2.75) is 38.0 Å². The van der Waals surface area contributed by atoms with Crippen LogP contribution in [-0.2, 0) is 0 Å². The van der Waals surface area contributed by atoms with Crippen molar-refractivity contribution in [3.05, 3.63) is 0 Å². The lowest BCUT2D eigenvalue weighted by Gasteiger charge is -2.44. The van der Waals surface area contributed by atoms with E-state index in [0.29, 0.717) is 4.75 Å². The summed E-state index contributed by atoms with van der Waals surface area (Å²) in [6, 6.07) is 0.754. The molecule has 1 aliphatic heterocycles. The number of hydrogen-bond acceptors (Lipinski definition) is 3. The van der Waals surface area contributed by atoms with Gasteiger partial charge in [0.2, 0.25) is 0 Å². The zero-order valence-electron chi connectivity index (χ0n) is 8.93. The molecule has 0 saturated carbocycles. The highest BCUT2D eigenvalue weighted by atomic mass is 32.2. The molecule has 78 valence electrons. The molecule has 1 atom stereocenters. The molecule has 1 rings (SSSR count). The van der Waals surface area contributed by atoms with Crippen molar-refractivity contribution in [2.75, 3.05) is 23.8 Å². The molecule has 1 N–H and O–H groups in total. The van der Waals surface area contributed by atoms with Crippen LogP contribution in [-0.4, -0.2) is 34.6 Å². The van der Waals surface area contributed by atoms with Gasteiger partial charge in [0, 0.05) is 16.5 Å². The Kier molecular flexibility index (Phi) is 4.98. The van der Waals surface area contributed by atoms with Crippen LogP contribution in [0.15, 0.2) is 0 Å². The molecule has 0 aliphatic carbocycles. The Hall–Kier alpha value is 0.660. The third-order valence-corrected chi connectivity index (χ3v) is 5.04. The van der Waals surface area contributed by atoms with Crippen LogP contribution in [0.2, 0.25) is 0 Å². The molecule has 1 unspecified atom stereocenters. The zero-order valence-corrected chi connectivity index (χ0v) is 10.6. The maximum Gasteiger partial charge on any atom is 0.0300 e. The summed E-state index contributed by atoms with van der Waals surface area (Å²) in [5.41, 5.74) is 0. The lowest BCUT2D eigenvalue weighted by Crippen LogP contribution is -2.54. The average molecular weight is 219 g/mol. The predicted molar refractivity (Wildman–Crippen MR) is 65.9 cm³/mol. The van der Waals surface area contributed by atoms with E-state index in [2.05, 4.69) is 37.8 Å². The Morgan fingerprint density at radius 1 is 1.54 bits per heavy atom. The van der Waals surface area contributed by atoms with Gasteiger partial charge in [-0.3, -0.25) is 0 Å². The molecule has 0 aromatic heterocycles. The molecule has 1 fully saturated rings. The van der Waals surface area contributed by atoms with Gasteiger partial charge in [-0.25, -0.2) is 0 Å². The summed E-state index contributed by atoms with van der Waals surface area (Å²) in [5.74, 6) is 3.86. The van der Waals surface area contributed by atoms with Gasteiger partial charge in [-0.15, -0.1) is 0 Å². The molecule has 0 radical (unpaired) electrons. The molecule has 1 aliphatic rings. The number of rotatable bonds is 6. The van der Waals surface area contributed by atoms with Crippen molar-refractivity contribution >= 4 is 23.5 Å². The highest BCUT2D eigenvalue weighted by Gasteiger charge is 2.38. The Morgan fingerprint density at radius 3 is 2.77 bits per heavy atom. The standard InChI is InChI=1S/C10H21NS2/c1-4-12-7-5-6-11-9-8-13-10(9,2)3/h9,11H,4-8H2,1-3H3. The molecule has 0 aromatic carbocycles. The molecular formula is C10H21NS2. The third kappa shape index (κ3) is 3.72. The Bertz CT molecular complexity index is 148. The number of nitrogens with one attached hydrogen (secondary N) is 1. The van der Waals surface area contributed by atoms with E-state index in [1.165, 1.54) is 30.2 Å². The number of hydrogen-bond donors (Lipinski definition) is 1. The van der Waals surface area contributed by atoms with E-state index >= 15 is 0 Å². The van der Waals surface area contributed by atoms with Crippen LogP contribution in [0.25, 0.3) is 0 Å². The van der Waals surface area contributed by atoms with Gasteiger partial charge in [-0.05, 0) is 38.3 Å². The van der Waals surface area contributed by atoms with Crippen LogP contribution in [0.1, 0.15) is 27.2 Å². The summed E-state index contributed by atoms with van der Waals surface area (Å²) < 4.78 is 0.484. The van der Waals surface area contributed by atoms with E-state index in [4.69, 9.17) is 0 Å². The van der Waals surface area contributed by atoms with Crippen molar-refractivity contribution in [1.29, 1.82) is 0 Å². The Morgan fingerprint density at radius 2 is 2.31 bits per heavy atom. The molecule has 1 nitrogen and oxygen atoms in total. The third-order valence-electron chi connectivity index (χ3n) is 2.52. The van der Waals surface area contributed by atoms with Gasteiger partial charge in [0.1, 0.15) is 0 Å². The molecule has 0 aromatic rings. The van der Waals surface area contributed by atoms with Crippen LogP contribution in [0.3, 0.4) is 0 Å². The van der Waals surface area contributed by atoms with Crippen LogP contribution >= 0.6 is 23.5 Å². The minimum absolute atomic E-state index is 0.484. The summed E-state index contributed by atoms with van der Waals surface area (Å²) in [7, 11) is 0. The number of thioether (sulfide) groups is 2. The average Bonchev–Trinajstić information content (AvgIpc) is 2.09. The first-order valence-electron chi connectivity index (χ1n) is 5.12. The van der Waals surface area contributed by atoms with E-state index in [9.17, 15) is 0 Å². The molecular weight excluding hydrogens is 198 g/mol. The molecule has 3 heteroatoms. The van der Waals surface area contributed by atoms with Crippen LogP contribution < -0.4 is 5.32 Å². The van der Waals surface area contributed by atoms with Crippen molar-refractivity contribution in [2.24, 2.45) is 0 Å². The van der Waals surface area contributed by atoms with Gasteiger partial charge in [0.25, 0.3) is 0 Å². The van der Waals surface area contributed by atoms with Gasteiger partial charge >= 0.3 is 0 Å². The summed E-state index contributed by atoms with van der Waals surface area (Å²) in [6.45, 7) is 8.09. The summed E-state index contributed by atoms with van der Waals surface area (Å²) in [6.07, 6.45) is 1.32. The SMILES string of the molecule is CCSCCCNC1CSC1(C)C. The first-order chi connectivity index (χ1) is 6.17. The Labute approximate surface area is 90.8 Å². The minimum Gasteiger partial charge on any atom is -0.312 e. The van der Waals surface area contributed by atoms with Crippen molar-refractivity contribution < 1.29 is 0 Å². The summed E-state index contributed by atoms with van der Waals surface area (Å²) >= 11 is 4.11. The highest BCUT2D eigenvalue weighted by Crippen LogP contribution is 2.39. The van der Waals surface area contributed by atoms with Gasteiger partial charge < -0.3 is 5.32 Å². The molecule has 13 heavy (non-hydrogen) atoms. The molecule has 1 heterocycles. The maximum atomic E-state index is 3.63. The fourth-order valence-corrected chi connectivity index (χ4v) is 3.24. The van der Waals surface area contributed by atoms with Crippen molar-refractivity contribution in [3.63, 3.8) is 0 Å². The van der Waals surface area contributed by atoms with Gasteiger partial charge in [0.05, 0.1) is 0 Å². The normalized spacial score (nSPS) is 25.6. The first kappa shape index (κ1) is 11.7. The second kappa shape index (κ2) is 5.52.